The summed E-state index contributed by atoms with van der Waals surface area (Å²) in [4.78, 5) is 12.7. The standard InChI is InChI=1S/C27H31NO3/c1-6-8-22(12-13-23-9-7-16-30-23)28-26(29)25-15-14-24(31-25)18-20-17-21(27(3,4)5)11-10-19(20)2/h6-7,9-17,22H,1,8,18H2,2-5H3,(H,28,29). The third-order valence-electron chi connectivity index (χ3n) is 5.24. The fourth-order valence-corrected chi connectivity index (χ4v) is 3.31. The Morgan fingerprint density at radius 1 is 1.19 bits per heavy atom. The molecule has 0 saturated heterocycles. The Labute approximate surface area is 184 Å². The van der Waals surface area contributed by atoms with Crippen LogP contribution < -0.4 is 5.32 Å². The minimum Gasteiger partial charge on any atom is -0.465 e. The molecule has 0 radical (unpaired) electrons. The molecule has 4 heteroatoms. The molecule has 1 N–H and O–H groups in total. The largest absolute Gasteiger partial charge is 0.465 e. The summed E-state index contributed by atoms with van der Waals surface area (Å²) in [7, 11) is 0. The van der Waals surface area contributed by atoms with Gasteiger partial charge in [-0.3, -0.25) is 4.79 Å². The van der Waals surface area contributed by atoms with E-state index < -0.39 is 0 Å². The second-order valence-electron chi connectivity index (χ2n) is 8.81. The molecule has 1 unspecified atom stereocenters. The number of rotatable bonds is 8. The number of hydrogen-bond acceptors (Lipinski definition) is 3. The highest BCUT2D eigenvalue weighted by atomic mass is 16.4. The Balaban J connectivity index is 1.69. The maximum absolute atomic E-state index is 12.7. The van der Waals surface area contributed by atoms with E-state index in [1.54, 1.807) is 18.4 Å². The van der Waals surface area contributed by atoms with Crippen molar-refractivity contribution in [1.29, 1.82) is 0 Å². The quantitative estimate of drug-likeness (QED) is 0.428. The lowest BCUT2D eigenvalue weighted by Gasteiger charge is -2.20. The first kappa shape index (κ1) is 22.4. The van der Waals surface area contributed by atoms with Crippen LogP contribution in [0.15, 0.2) is 76.3 Å². The molecule has 0 saturated carbocycles. The molecule has 0 spiro atoms. The second-order valence-corrected chi connectivity index (χ2v) is 8.81. The Morgan fingerprint density at radius 2 is 2.00 bits per heavy atom. The monoisotopic (exact) mass is 417 g/mol. The van der Waals surface area contributed by atoms with Crippen LogP contribution in [0.25, 0.3) is 6.08 Å². The van der Waals surface area contributed by atoms with Gasteiger partial charge in [-0.05, 0) is 65.8 Å². The van der Waals surface area contributed by atoms with E-state index in [0.717, 1.165) is 11.5 Å². The first-order chi connectivity index (χ1) is 14.8. The summed E-state index contributed by atoms with van der Waals surface area (Å²) >= 11 is 0. The van der Waals surface area contributed by atoms with Crippen molar-refractivity contribution in [2.24, 2.45) is 0 Å². The third-order valence-corrected chi connectivity index (χ3v) is 5.24. The highest BCUT2D eigenvalue weighted by Crippen LogP contribution is 2.26. The minimum absolute atomic E-state index is 0.0833. The first-order valence-electron chi connectivity index (χ1n) is 10.6. The number of furan rings is 2. The SMILES string of the molecule is C=CCC(C=Cc1ccco1)NC(=O)c1ccc(Cc2cc(C(C)(C)C)ccc2C)o1. The van der Waals surface area contributed by atoms with Crippen molar-refractivity contribution in [3.8, 4) is 0 Å². The number of carbonyl (C=O) groups excluding carboxylic acids is 1. The molecule has 1 atom stereocenters. The molecule has 4 nitrogen and oxygen atoms in total. The van der Waals surface area contributed by atoms with Crippen LogP contribution in [0.1, 0.15) is 66.0 Å². The number of amides is 1. The molecular formula is C27H31NO3. The molecule has 2 heterocycles. The summed E-state index contributed by atoms with van der Waals surface area (Å²) in [6, 6.07) is 13.6. The summed E-state index contributed by atoms with van der Waals surface area (Å²) in [5.41, 5.74) is 3.79. The van der Waals surface area contributed by atoms with Gasteiger partial charge < -0.3 is 14.2 Å². The second kappa shape index (κ2) is 9.69. The Hall–Kier alpha value is -3.27. The van der Waals surface area contributed by atoms with Crippen LogP contribution in [-0.2, 0) is 11.8 Å². The maximum atomic E-state index is 12.7. The van der Waals surface area contributed by atoms with Gasteiger partial charge in [-0.25, -0.2) is 0 Å². The zero-order chi connectivity index (χ0) is 22.4. The van der Waals surface area contributed by atoms with E-state index in [0.29, 0.717) is 18.6 Å². The predicted octanol–water partition coefficient (Wildman–Crippen LogP) is 6.46. The molecule has 0 aliphatic rings. The van der Waals surface area contributed by atoms with Crippen molar-refractivity contribution in [2.75, 3.05) is 0 Å². The molecule has 0 fully saturated rings. The normalized spacial score (nSPS) is 12.8. The average Bonchev–Trinajstić information content (AvgIpc) is 3.39. The molecule has 31 heavy (non-hydrogen) atoms. The lowest BCUT2D eigenvalue weighted by Crippen LogP contribution is -2.32. The molecule has 1 amide bonds. The summed E-state index contributed by atoms with van der Waals surface area (Å²) in [5.74, 6) is 1.56. The van der Waals surface area contributed by atoms with Crippen molar-refractivity contribution in [1.82, 2.24) is 5.32 Å². The first-order valence-corrected chi connectivity index (χ1v) is 10.6. The van der Waals surface area contributed by atoms with Gasteiger partial charge in [0.05, 0.1) is 12.3 Å². The molecule has 162 valence electrons. The van der Waals surface area contributed by atoms with Gasteiger partial charge in [0, 0.05) is 6.42 Å². The van der Waals surface area contributed by atoms with Crippen molar-refractivity contribution < 1.29 is 13.6 Å². The van der Waals surface area contributed by atoms with E-state index in [-0.39, 0.29) is 17.4 Å². The van der Waals surface area contributed by atoms with Crippen molar-refractivity contribution in [3.63, 3.8) is 0 Å². The number of carbonyl (C=O) groups is 1. The third kappa shape index (κ3) is 6.11. The Kier molecular flexibility index (Phi) is 7.01. The van der Waals surface area contributed by atoms with E-state index in [1.165, 1.54) is 16.7 Å². The van der Waals surface area contributed by atoms with Crippen LogP contribution in [0.4, 0.5) is 0 Å². The van der Waals surface area contributed by atoms with Gasteiger partial charge in [0.15, 0.2) is 5.76 Å². The summed E-state index contributed by atoms with van der Waals surface area (Å²) in [5, 5.41) is 2.98. The highest BCUT2D eigenvalue weighted by Gasteiger charge is 2.17. The zero-order valence-electron chi connectivity index (χ0n) is 18.8. The van der Waals surface area contributed by atoms with Gasteiger partial charge in [0.1, 0.15) is 11.5 Å². The molecule has 0 aliphatic carbocycles. The summed E-state index contributed by atoms with van der Waals surface area (Å²) in [6.07, 6.45) is 8.38. The molecule has 0 aliphatic heterocycles. The van der Waals surface area contributed by atoms with Crippen molar-refractivity contribution in [2.45, 2.75) is 52.0 Å². The van der Waals surface area contributed by atoms with Gasteiger partial charge in [0.2, 0.25) is 0 Å². The molecular weight excluding hydrogens is 386 g/mol. The van der Waals surface area contributed by atoms with Gasteiger partial charge >= 0.3 is 0 Å². The predicted molar refractivity (Wildman–Crippen MR) is 125 cm³/mol. The van der Waals surface area contributed by atoms with Crippen LogP contribution in [0, 0.1) is 6.92 Å². The van der Waals surface area contributed by atoms with Crippen molar-refractivity contribution in [3.05, 3.63) is 101 Å². The molecule has 1 aromatic carbocycles. The van der Waals surface area contributed by atoms with E-state index in [2.05, 4.69) is 57.8 Å². The molecule has 0 bridgehead atoms. The van der Waals surface area contributed by atoms with E-state index >= 15 is 0 Å². The van der Waals surface area contributed by atoms with E-state index in [4.69, 9.17) is 8.83 Å². The van der Waals surface area contributed by atoms with Crippen LogP contribution >= 0.6 is 0 Å². The summed E-state index contributed by atoms with van der Waals surface area (Å²) < 4.78 is 11.2. The Morgan fingerprint density at radius 3 is 2.68 bits per heavy atom. The molecule has 3 aromatic rings. The fraction of sp³-hybridized carbons (Fsp3) is 0.296. The highest BCUT2D eigenvalue weighted by molar-refractivity contribution is 5.91. The van der Waals surface area contributed by atoms with Crippen molar-refractivity contribution >= 4 is 12.0 Å². The average molecular weight is 418 g/mol. The van der Waals surface area contributed by atoms with E-state index in [9.17, 15) is 4.79 Å². The number of benzene rings is 1. The summed E-state index contributed by atoms with van der Waals surface area (Å²) in [6.45, 7) is 12.5. The lowest BCUT2D eigenvalue weighted by molar-refractivity contribution is 0.0915. The lowest BCUT2D eigenvalue weighted by atomic mass is 9.85. The maximum Gasteiger partial charge on any atom is 0.287 e. The van der Waals surface area contributed by atoms with Gasteiger partial charge in [-0.2, -0.15) is 0 Å². The number of hydrogen-bond donors (Lipinski definition) is 1. The van der Waals surface area contributed by atoms with Crippen LogP contribution in [-0.4, -0.2) is 11.9 Å². The van der Waals surface area contributed by atoms with Gasteiger partial charge in [-0.1, -0.05) is 51.1 Å². The molecule has 3 rings (SSSR count). The van der Waals surface area contributed by atoms with Crippen LogP contribution in [0.5, 0.6) is 0 Å². The topological polar surface area (TPSA) is 55.4 Å². The number of aryl methyl sites for hydroxylation is 1. The fourth-order valence-electron chi connectivity index (χ4n) is 3.31. The van der Waals surface area contributed by atoms with Gasteiger partial charge in [-0.15, -0.1) is 6.58 Å². The van der Waals surface area contributed by atoms with Gasteiger partial charge in [0.25, 0.3) is 5.91 Å². The van der Waals surface area contributed by atoms with Crippen LogP contribution in [0.2, 0.25) is 0 Å². The van der Waals surface area contributed by atoms with Crippen LogP contribution in [0.3, 0.4) is 0 Å². The van der Waals surface area contributed by atoms with E-state index in [1.807, 2.05) is 30.4 Å². The smallest absolute Gasteiger partial charge is 0.287 e. The zero-order valence-corrected chi connectivity index (χ0v) is 18.8. The minimum atomic E-state index is -0.248. The Bertz CT molecular complexity index is 1050. The molecule has 2 aromatic heterocycles. The number of nitrogens with one attached hydrogen (secondary N) is 1.